The number of hydrogen-bond donors (Lipinski definition) is 1. The Labute approximate surface area is 197 Å². The van der Waals surface area contributed by atoms with Crippen molar-refractivity contribution in [1.82, 2.24) is 4.90 Å². The SMILES string of the molecule is CCCOC(=O)c1ccc(NC(=O)[C@H](C)N2C(=O)[C@@H]3[C@H]4C[C@@H]([C@H](Br)[C@@H]4Br)[C@@H]3C2=O)cc1. The van der Waals surface area contributed by atoms with Gasteiger partial charge < -0.3 is 10.1 Å². The molecular weight excluding hydrogens is 532 g/mol. The Morgan fingerprint density at radius 2 is 1.65 bits per heavy atom. The summed E-state index contributed by atoms with van der Waals surface area (Å²) in [7, 11) is 0. The fourth-order valence-corrected chi connectivity index (χ4v) is 6.96. The molecule has 2 bridgehead atoms. The Balaban J connectivity index is 1.43. The minimum atomic E-state index is -0.915. The van der Waals surface area contributed by atoms with E-state index in [4.69, 9.17) is 4.74 Å². The molecule has 3 aliphatic rings. The summed E-state index contributed by atoms with van der Waals surface area (Å²) < 4.78 is 5.09. The summed E-state index contributed by atoms with van der Waals surface area (Å²) >= 11 is 7.33. The number of rotatable bonds is 6. The summed E-state index contributed by atoms with van der Waals surface area (Å²) in [5.41, 5.74) is 0.866. The van der Waals surface area contributed by atoms with Crippen molar-refractivity contribution >= 4 is 61.2 Å². The number of nitrogens with zero attached hydrogens (tertiary/aromatic N) is 1. The lowest BCUT2D eigenvalue weighted by Crippen LogP contribution is -2.46. The monoisotopic (exact) mass is 554 g/mol. The van der Waals surface area contributed by atoms with E-state index in [9.17, 15) is 19.2 Å². The van der Waals surface area contributed by atoms with Crippen LogP contribution in [0.1, 0.15) is 37.0 Å². The van der Waals surface area contributed by atoms with E-state index in [1.54, 1.807) is 31.2 Å². The van der Waals surface area contributed by atoms with Gasteiger partial charge in [0.15, 0.2) is 0 Å². The fraction of sp³-hybridized carbons (Fsp3) is 0.545. The second kappa shape index (κ2) is 8.65. The molecule has 9 heteroatoms. The Morgan fingerprint density at radius 1 is 1.10 bits per heavy atom. The first-order valence-electron chi connectivity index (χ1n) is 10.5. The molecule has 7 nitrogen and oxygen atoms in total. The fourth-order valence-electron chi connectivity index (χ4n) is 5.09. The van der Waals surface area contributed by atoms with Crippen molar-refractivity contribution in [2.45, 2.75) is 42.4 Å². The smallest absolute Gasteiger partial charge is 0.338 e. The topological polar surface area (TPSA) is 92.8 Å². The molecule has 3 amide bonds. The second-order valence-corrected chi connectivity index (χ2v) is 10.5. The first-order valence-corrected chi connectivity index (χ1v) is 12.3. The maximum absolute atomic E-state index is 13.1. The maximum Gasteiger partial charge on any atom is 0.338 e. The van der Waals surface area contributed by atoms with Crippen molar-refractivity contribution < 1.29 is 23.9 Å². The minimum absolute atomic E-state index is 0.107. The molecule has 1 N–H and O–H groups in total. The normalized spacial score (nSPS) is 32.2. The highest BCUT2D eigenvalue weighted by atomic mass is 79.9. The van der Waals surface area contributed by atoms with Crippen molar-refractivity contribution in [3.05, 3.63) is 29.8 Å². The average molecular weight is 556 g/mol. The van der Waals surface area contributed by atoms with Crippen LogP contribution in [0.3, 0.4) is 0 Å². The van der Waals surface area contributed by atoms with Crippen LogP contribution >= 0.6 is 31.9 Å². The molecule has 31 heavy (non-hydrogen) atoms. The lowest BCUT2D eigenvalue weighted by molar-refractivity contribution is -0.146. The van der Waals surface area contributed by atoms with E-state index in [2.05, 4.69) is 37.2 Å². The predicted octanol–water partition coefficient (Wildman–Crippen LogP) is 3.36. The number of fused-ring (bicyclic) bond motifs is 5. The van der Waals surface area contributed by atoms with Gasteiger partial charge in [0.2, 0.25) is 17.7 Å². The van der Waals surface area contributed by atoms with Gasteiger partial charge in [0.1, 0.15) is 6.04 Å². The third-order valence-electron chi connectivity index (χ3n) is 6.61. The summed E-state index contributed by atoms with van der Waals surface area (Å²) in [6.45, 7) is 3.83. The lowest BCUT2D eigenvalue weighted by Gasteiger charge is -2.28. The second-order valence-electron chi connectivity index (χ2n) is 8.43. The molecule has 1 aromatic carbocycles. The Morgan fingerprint density at radius 3 is 2.16 bits per heavy atom. The Hall–Kier alpha value is -1.74. The van der Waals surface area contributed by atoms with Crippen LogP contribution in [0, 0.1) is 23.7 Å². The van der Waals surface area contributed by atoms with Gasteiger partial charge >= 0.3 is 5.97 Å². The standard InChI is InChI=1S/C22H24Br2N2O5/c1-3-8-31-22(30)11-4-6-12(7-5-11)25-19(27)10(2)26-20(28)15-13-9-14(16(15)21(26)29)18(24)17(13)23/h4-7,10,13-18H,3,8-9H2,1-2H3,(H,25,27)/t10-,13+,14+,15-,16+,17-,18+/m0/s1. The van der Waals surface area contributed by atoms with Gasteiger partial charge in [0.05, 0.1) is 24.0 Å². The van der Waals surface area contributed by atoms with Gasteiger partial charge in [-0.3, -0.25) is 19.3 Å². The summed E-state index contributed by atoms with van der Waals surface area (Å²) in [4.78, 5) is 52.3. The molecule has 166 valence electrons. The van der Waals surface area contributed by atoms with Gasteiger partial charge in [0.25, 0.3) is 0 Å². The van der Waals surface area contributed by atoms with Crippen LogP contribution in [0.25, 0.3) is 0 Å². The Kier molecular flexibility index (Phi) is 6.27. The number of amides is 3. The number of imide groups is 1. The number of esters is 1. The van der Waals surface area contributed by atoms with E-state index in [1.165, 1.54) is 0 Å². The molecule has 4 rings (SSSR count). The number of carbonyl (C=O) groups is 4. The number of alkyl halides is 2. The van der Waals surface area contributed by atoms with Gasteiger partial charge in [-0.2, -0.15) is 0 Å². The van der Waals surface area contributed by atoms with Gasteiger partial charge in [-0.25, -0.2) is 4.79 Å². The highest BCUT2D eigenvalue weighted by Gasteiger charge is 2.67. The molecule has 1 heterocycles. The summed E-state index contributed by atoms with van der Waals surface area (Å²) in [6, 6.07) is 5.42. The van der Waals surface area contributed by atoms with E-state index < -0.39 is 17.9 Å². The first kappa shape index (κ1) is 22.5. The zero-order chi connectivity index (χ0) is 22.4. The van der Waals surface area contributed by atoms with E-state index in [0.717, 1.165) is 17.7 Å². The molecule has 1 saturated heterocycles. The molecule has 7 atom stereocenters. The van der Waals surface area contributed by atoms with E-state index in [-0.39, 0.29) is 45.1 Å². The molecule has 0 aromatic heterocycles. The molecule has 3 fully saturated rings. The van der Waals surface area contributed by atoms with Crippen LogP contribution in [0.5, 0.6) is 0 Å². The number of benzene rings is 1. The summed E-state index contributed by atoms with van der Waals surface area (Å²) in [5, 5.41) is 2.73. The first-order chi connectivity index (χ1) is 14.8. The number of likely N-dealkylation sites (tertiary alicyclic amines) is 1. The van der Waals surface area contributed by atoms with Crippen molar-refractivity contribution in [1.29, 1.82) is 0 Å². The molecule has 1 aromatic rings. The van der Waals surface area contributed by atoms with Crippen LogP contribution in [0.4, 0.5) is 5.69 Å². The van der Waals surface area contributed by atoms with Crippen molar-refractivity contribution in [2.24, 2.45) is 23.7 Å². The molecule has 2 saturated carbocycles. The predicted molar refractivity (Wildman–Crippen MR) is 121 cm³/mol. The van der Waals surface area contributed by atoms with Crippen molar-refractivity contribution in [3.63, 3.8) is 0 Å². The highest BCUT2D eigenvalue weighted by molar-refractivity contribution is 9.12. The van der Waals surface area contributed by atoms with Crippen LogP contribution in [-0.2, 0) is 19.1 Å². The molecule has 0 unspecified atom stereocenters. The number of ether oxygens (including phenoxy) is 1. The lowest BCUT2D eigenvalue weighted by atomic mass is 9.81. The largest absolute Gasteiger partial charge is 0.462 e. The van der Waals surface area contributed by atoms with Crippen LogP contribution in [0.15, 0.2) is 24.3 Å². The highest BCUT2D eigenvalue weighted by Crippen LogP contribution is 2.60. The van der Waals surface area contributed by atoms with Gasteiger partial charge in [-0.05, 0) is 55.9 Å². The van der Waals surface area contributed by atoms with Crippen LogP contribution < -0.4 is 5.32 Å². The zero-order valence-corrected chi connectivity index (χ0v) is 20.4. The molecule has 0 spiro atoms. The zero-order valence-electron chi connectivity index (χ0n) is 17.2. The third kappa shape index (κ3) is 3.73. The van der Waals surface area contributed by atoms with Gasteiger partial charge in [-0.15, -0.1) is 0 Å². The van der Waals surface area contributed by atoms with Gasteiger partial charge in [-0.1, -0.05) is 38.8 Å². The van der Waals surface area contributed by atoms with E-state index in [0.29, 0.717) is 17.9 Å². The summed E-state index contributed by atoms with van der Waals surface area (Å²) in [6.07, 6.45) is 1.58. The maximum atomic E-state index is 13.1. The number of anilines is 1. The van der Waals surface area contributed by atoms with Crippen molar-refractivity contribution in [2.75, 3.05) is 11.9 Å². The summed E-state index contributed by atoms with van der Waals surface area (Å²) in [5.74, 6) is -1.84. The quantitative estimate of drug-likeness (QED) is 0.330. The molecule has 0 radical (unpaired) electrons. The van der Waals surface area contributed by atoms with Crippen molar-refractivity contribution in [3.8, 4) is 0 Å². The van der Waals surface area contributed by atoms with Crippen LogP contribution in [0.2, 0.25) is 0 Å². The molecule has 1 aliphatic heterocycles. The van der Waals surface area contributed by atoms with E-state index in [1.807, 2.05) is 6.92 Å². The molecular formula is C22H24Br2N2O5. The third-order valence-corrected chi connectivity index (χ3v) is 9.82. The molecule has 2 aliphatic carbocycles. The van der Waals surface area contributed by atoms with E-state index >= 15 is 0 Å². The number of carbonyl (C=O) groups excluding carboxylic acids is 4. The van der Waals surface area contributed by atoms with Gasteiger partial charge in [0, 0.05) is 15.3 Å². The average Bonchev–Trinajstić information content (AvgIpc) is 3.36. The number of halogens is 2. The number of nitrogens with one attached hydrogen (secondary N) is 1. The number of hydrogen-bond acceptors (Lipinski definition) is 5. The minimum Gasteiger partial charge on any atom is -0.462 e. The Bertz CT molecular complexity index is 889. The van der Waals surface area contributed by atoms with Crippen LogP contribution in [-0.4, -0.2) is 50.9 Å².